The zero-order chi connectivity index (χ0) is 12.4. The van der Waals surface area contributed by atoms with Crippen molar-refractivity contribution in [2.75, 3.05) is 0 Å². The van der Waals surface area contributed by atoms with Crippen LogP contribution in [0.1, 0.15) is 10.4 Å². The van der Waals surface area contributed by atoms with Crippen LogP contribution in [0.2, 0.25) is 10.0 Å². The molecule has 1 aromatic heterocycles. The van der Waals surface area contributed by atoms with Crippen LogP contribution in [0.5, 0.6) is 0 Å². The minimum Gasteiger partial charge on any atom is -0.298 e. The highest BCUT2D eigenvalue weighted by atomic mass is 35.5. The van der Waals surface area contributed by atoms with Crippen LogP contribution in [0, 0.1) is 5.82 Å². The van der Waals surface area contributed by atoms with Gasteiger partial charge in [-0.25, -0.2) is 4.39 Å². The lowest BCUT2D eigenvalue weighted by Gasteiger charge is -2.05. The van der Waals surface area contributed by atoms with Gasteiger partial charge in [0.1, 0.15) is 11.5 Å². The third-order valence-corrected chi connectivity index (χ3v) is 2.73. The van der Waals surface area contributed by atoms with E-state index in [2.05, 4.69) is 4.98 Å². The zero-order valence-corrected chi connectivity index (χ0v) is 9.97. The van der Waals surface area contributed by atoms with Crippen LogP contribution in [-0.4, -0.2) is 11.3 Å². The molecule has 0 aliphatic carbocycles. The minimum atomic E-state index is -0.598. The van der Waals surface area contributed by atoms with Crippen molar-refractivity contribution in [3.05, 3.63) is 51.9 Å². The topological polar surface area (TPSA) is 30.0 Å². The van der Waals surface area contributed by atoms with Gasteiger partial charge in [0.25, 0.3) is 0 Å². The third kappa shape index (κ3) is 2.46. The highest BCUT2D eigenvalue weighted by Gasteiger charge is 2.11. The number of carbonyl (C=O) groups is 1. The van der Waals surface area contributed by atoms with Gasteiger partial charge in [0.2, 0.25) is 0 Å². The summed E-state index contributed by atoms with van der Waals surface area (Å²) in [4.78, 5) is 14.3. The Bertz CT molecular complexity index is 587. The molecule has 2 aromatic rings. The summed E-state index contributed by atoms with van der Waals surface area (Å²) in [6, 6.07) is 5.79. The minimum absolute atomic E-state index is 0.0947. The van der Waals surface area contributed by atoms with E-state index in [1.807, 2.05) is 0 Å². The van der Waals surface area contributed by atoms with Gasteiger partial charge in [-0.1, -0.05) is 23.2 Å². The Kier molecular flexibility index (Phi) is 3.41. The maximum Gasteiger partial charge on any atom is 0.151 e. The molecule has 0 bridgehead atoms. The maximum absolute atomic E-state index is 13.7. The number of nitrogens with zero attached hydrogens (tertiary/aromatic N) is 1. The Morgan fingerprint density at radius 1 is 1.24 bits per heavy atom. The number of benzene rings is 1. The van der Waals surface area contributed by atoms with Crippen LogP contribution in [0.15, 0.2) is 30.5 Å². The molecule has 0 unspecified atom stereocenters. The summed E-state index contributed by atoms with van der Waals surface area (Å²) in [6.45, 7) is 0. The van der Waals surface area contributed by atoms with Crippen molar-refractivity contribution in [2.24, 2.45) is 0 Å². The SMILES string of the molecule is O=Cc1cnc(-c2ccc(Cl)cc2Cl)c(F)c1. The van der Waals surface area contributed by atoms with Gasteiger partial charge < -0.3 is 0 Å². The standard InChI is InChI=1S/C12H6Cl2FNO/c13-8-1-2-9(10(14)4-8)12-11(15)3-7(6-17)5-16-12/h1-6H. The predicted octanol–water partition coefficient (Wildman–Crippen LogP) is 4.01. The first-order valence-corrected chi connectivity index (χ1v) is 5.43. The number of carbonyl (C=O) groups excluding carboxylic acids is 1. The van der Waals surface area contributed by atoms with Gasteiger partial charge in [0.05, 0.1) is 5.02 Å². The van der Waals surface area contributed by atoms with E-state index >= 15 is 0 Å². The molecule has 2 nitrogen and oxygen atoms in total. The van der Waals surface area contributed by atoms with Crippen LogP contribution in [0.25, 0.3) is 11.3 Å². The molecule has 0 spiro atoms. The summed E-state index contributed by atoms with van der Waals surface area (Å²) >= 11 is 11.7. The average molecular weight is 270 g/mol. The van der Waals surface area contributed by atoms with Crippen molar-refractivity contribution in [3.63, 3.8) is 0 Å². The Hall–Kier alpha value is -1.45. The summed E-state index contributed by atoms with van der Waals surface area (Å²) in [7, 11) is 0. The van der Waals surface area contributed by atoms with Crippen LogP contribution < -0.4 is 0 Å². The van der Waals surface area contributed by atoms with Gasteiger partial charge in [-0.3, -0.25) is 9.78 Å². The van der Waals surface area contributed by atoms with Gasteiger partial charge >= 0.3 is 0 Å². The monoisotopic (exact) mass is 269 g/mol. The molecule has 0 radical (unpaired) electrons. The van der Waals surface area contributed by atoms with Gasteiger partial charge in [-0.2, -0.15) is 0 Å². The first-order valence-electron chi connectivity index (χ1n) is 4.68. The van der Waals surface area contributed by atoms with E-state index in [0.29, 0.717) is 21.9 Å². The van der Waals surface area contributed by atoms with Crippen molar-refractivity contribution in [2.45, 2.75) is 0 Å². The van der Waals surface area contributed by atoms with Crippen LogP contribution in [-0.2, 0) is 0 Å². The van der Waals surface area contributed by atoms with Crippen LogP contribution >= 0.6 is 23.2 Å². The lowest BCUT2D eigenvalue weighted by atomic mass is 10.1. The van der Waals surface area contributed by atoms with Crippen molar-refractivity contribution < 1.29 is 9.18 Å². The fourth-order valence-electron chi connectivity index (χ4n) is 1.40. The first kappa shape index (κ1) is 12.0. The van der Waals surface area contributed by atoms with Gasteiger partial charge in [0, 0.05) is 22.3 Å². The molecule has 1 heterocycles. The molecule has 0 saturated carbocycles. The Labute approximate surface area is 107 Å². The quantitative estimate of drug-likeness (QED) is 0.772. The Morgan fingerprint density at radius 2 is 2.00 bits per heavy atom. The highest BCUT2D eigenvalue weighted by Crippen LogP contribution is 2.30. The number of pyridine rings is 1. The molecule has 86 valence electrons. The summed E-state index contributed by atoms with van der Waals surface area (Å²) in [5.74, 6) is -0.598. The lowest BCUT2D eigenvalue weighted by Crippen LogP contribution is -1.93. The molecule has 0 N–H and O–H groups in total. The van der Waals surface area contributed by atoms with Gasteiger partial charge in [-0.05, 0) is 24.3 Å². The third-order valence-electron chi connectivity index (χ3n) is 2.18. The zero-order valence-electron chi connectivity index (χ0n) is 8.45. The van der Waals surface area contributed by atoms with E-state index in [1.165, 1.54) is 12.3 Å². The summed E-state index contributed by atoms with van der Waals surface area (Å²) < 4.78 is 13.7. The second kappa shape index (κ2) is 4.82. The molecule has 0 amide bonds. The molecule has 0 atom stereocenters. The summed E-state index contributed by atoms with van der Waals surface area (Å²) in [6.07, 6.45) is 1.82. The Morgan fingerprint density at radius 3 is 2.59 bits per heavy atom. The molecule has 0 aliphatic heterocycles. The molecule has 0 fully saturated rings. The maximum atomic E-state index is 13.7. The van der Waals surface area contributed by atoms with E-state index in [0.717, 1.165) is 6.07 Å². The largest absolute Gasteiger partial charge is 0.298 e. The second-order valence-electron chi connectivity index (χ2n) is 3.34. The second-order valence-corrected chi connectivity index (χ2v) is 4.18. The number of rotatable bonds is 2. The molecule has 17 heavy (non-hydrogen) atoms. The molecule has 0 saturated heterocycles. The van der Waals surface area contributed by atoms with Crippen molar-refractivity contribution in [1.29, 1.82) is 0 Å². The van der Waals surface area contributed by atoms with E-state index in [1.54, 1.807) is 12.1 Å². The first-order chi connectivity index (χ1) is 8.11. The number of aldehydes is 1. The molecule has 0 aliphatic rings. The normalized spacial score (nSPS) is 10.3. The van der Waals surface area contributed by atoms with E-state index in [4.69, 9.17) is 23.2 Å². The summed E-state index contributed by atoms with van der Waals surface area (Å²) in [5, 5.41) is 0.770. The molecular weight excluding hydrogens is 264 g/mol. The van der Waals surface area contributed by atoms with Crippen molar-refractivity contribution in [3.8, 4) is 11.3 Å². The molecule has 2 rings (SSSR count). The predicted molar refractivity (Wildman–Crippen MR) is 65.0 cm³/mol. The smallest absolute Gasteiger partial charge is 0.151 e. The number of halogens is 3. The van der Waals surface area contributed by atoms with E-state index in [9.17, 15) is 9.18 Å². The van der Waals surface area contributed by atoms with E-state index < -0.39 is 5.82 Å². The van der Waals surface area contributed by atoms with E-state index in [-0.39, 0.29) is 11.3 Å². The molecular formula is C12H6Cl2FNO. The van der Waals surface area contributed by atoms with Crippen LogP contribution in [0.3, 0.4) is 0 Å². The van der Waals surface area contributed by atoms with Crippen molar-refractivity contribution in [1.82, 2.24) is 4.98 Å². The van der Waals surface area contributed by atoms with Gasteiger partial charge in [0.15, 0.2) is 6.29 Å². The van der Waals surface area contributed by atoms with Crippen LogP contribution in [0.4, 0.5) is 4.39 Å². The summed E-state index contributed by atoms with van der Waals surface area (Å²) in [5.41, 5.74) is 0.708. The number of aromatic nitrogens is 1. The van der Waals surface area contributed by atoms with Crippen molar-refractivity contribution >= 4 is 29.5 Å². The number of hydrogen-bond donors (Lipinski definition) is 0. The molecule has 1 aromatic carbocycles. The average Bonchev–Trinajstić information content (AvgIpc) is 2.30. The number of hydrogen-bond acceptors (Lipinski definition) is 2. The van der Waals surface area contributed by atoms with Gasteiger partial charge in [-0.15, -0.1) is 0 Å². The fourth-order valence-corrected chi connectivity index (χ4v) is 1.89. The lowest BCUT2D eigenvalue weighted by molar-refractivity contribution is 0.112. The highest BCUT2D eigenvalue weighted by molar-refractivity contribution is 6.36. The Balaban J connectivity index is 2.56. The fraction of sp³-hybridized carbons (Fsp3) is 0. The molecule has 5 heteroatoms.